The fourth-order valence-corrected chi connectivity index (χ4v) is 3.52. The molecule has 0 radical (unpaired) electrons. The predicted molar refractivity (Wildman–Crippen MR) is 102 cm³/mol. The highest BCUT2D eigenvalue weighted by Gasteiger charge is 2.31. The van der Waals surface area contributed by atoms with Crippen LogP contribution < -0.4 is 15.2 Å². The van der Waals surface area contributed by atoms with Crippen molar-refractivity contribution < 1.29 is 31.5 Å². The third-order valence-corrected chi connectivity index (χ3v) is 4.93. The Balaban J connectivity index is 1.57. The molecule has 0 aliphatic heterocycles. The second-order valence-electron chi connectivity index (χ2n) is 7.17. The van der Waals surface area contributed by atoms with Crippen molar-refractivity contribution in [2.45, 2.75) is 44.6 Å². The second kappa shape index (κ2) is 8.44. The largest absolute Gasteiger partial charge is 0.573 e. The van der Waals surface area contributed by atoms with E-state index in [1.165, 1.54) is 24.3 Å². The van der Waals surface area contributed by atoms with Gasteiger partial charge in [0, 0.05) is 0 Å². The van der Waals surface area contributed by atoms with Gasteiger partial charge in [0.25, 0.3) is 0 Å². The fraction of sp³-hybridized carbons (Fsp3) is 0.333. The molecule has 2 aromatic carbocycles. The highest BCUT2D eigenvalue weighted by Crippen LogP contribution is 2.29. The van der Waals surface area contributed by atoms with Gasteiger partial charge in [-0.15, -0.1) is 13.2 Å². The van der Waals surface area contributed by atoms with E-state index in [1.54, 1.807) is 0 Å². The molecule has 0 bridgehead atoms. The van der Waals surface area contributed by atoms with Crippen molar-refractivity contribution in [1.29, 1.82) is 0 Å². The fourth-order valence-electron chi connectivity index (χ4n) is 3.52. The first kappa shape index (κ1) is 21.0. The molecule has 3 aromatic rings. The van der Waals surface area contributed by atoms with Crippen molar-refractivity contribution in [2.75, 3.05) is 0 Å². The lowest BCUT2D eigenvalue weighted by Gasteiger charge is -2.20. The summed E-state index contributed by atoms with van der Waals surface area (Å²) in [4.78, 5) is 12.1. The Morgan fingerprint density at radius 3 is 2.48 bits per heavy atom. The van der Waals surface area contributed by atoms with E-state index in [2.05, 4.69) is 9.84 Å². The van der Waals surface area contributed by atoms with E-state index < -0.39 is 23.7 Å². The van der Waals surface area contributed by atoms with Gasteiger partial charge in [-0.25, -0.2) is 9.18 Å². The molecule has 1 fully saturated rings. The molecule has 0 atom stereocenters. The normalized spacial score (nSPS) is 15.1. The molecule has 4 rings (SSSR count). The summed E-state index contributed by atoms with van der Waals surface area (Å²) in [5.74, 6) is -2.14. The van der Waals surface area contributed by atoms with Gasteiger partial charge in [0.2, 0.25) is 0 Å². The van der Waals surface area contributed by atoms with Crippen LogP contribution in [0, 0.1) is 5.82 Å². The number of benzene rings is 2. The Kier molecular flexibility index (Phi) is 5.71. The molecule has 31 heavy (non-hydrogen) atoms. The smallest absolute Gasteiger partial charge is 0.446 e. The molecule has 0 spiro atoms. The van der Waals surface area contributed by atoms with Gasteiger partial charge in [-0.05, 0) is 61.1 Å². The summed E-state index contributed by atoms with van der Waals surface area (Å²) >= 11 is 0. The maximum Gasteiger partial charge on any atom is 0.573 e. The second-order valence-corrected chi connectivity index (χ2v) is 7.17. The summed E-state index contributed by atoms with van der Waals surface area (Å²) in [6, 6.07) is 8.98. The maximum atomic E-state index is 14.7. The minimum absolute atomic E-state index is 0.0985. The van der Waals surface area contributed by atoms with Crippen LogP contribution in [-0.2, 0) is 0 Å². The molecule has 6 nitrogen and oxygen atoms in total. The van der Waals surface area contributed by atoms with Crippen molar-refractivity contribution in [3.63, 3.8) is 0 Å². The lowest BCUT2D eigenvalue weighted by atomic mass is 9.98. The number of rotatable bonds is 5. The summed E-state index contributed by atoms with van der Waals surface area (Å²) in [6.45, 7) is 0. The summed E-state index contributed by atoms with van der Waals surface area (Å²) in [7, 11) is 0. The van der Waals surface area contributed by atoms with E-state index in [0.717, 1.165) is 55.0 Å². The van der Waals surface area contributed by atoms with Crippen LogP contribution >= 0.6 is 0 Å². The van der Waals surface area contributed by atoms with E-state index in [0.29, 0.717) is 11.1 Å². The Hall–Kier alpha value is -3.30. The number of hydrogen-bond acceptors (Lipinski definition) is 5. The van der Waals surface area contributed by atoms with Gasteiger partial charge in [-0.3, -0.25) is 0 Å². The average molecular weight is 438 g/mol. The molecule has 1 aliphatic carbocycles. The molecule has 0 N–H and O–H groups in total. The Bertz CT molecular complexity index is 1120. The van der Waals surface area contributed by atoms with E-state index in [1.807, 2.05) is 0 Å². The summed E-state index contributed by atoms with van der Waals surface area (Å²) < 4.78 is 67.3. The Morgan fingerprint density at radius 1 is 1.03 bits per heavy atom. The third-order valence-electron chi connectivity index (χ3n) is 4.93. The topological polar surface area (TPSA) is 66.5 Å². The van der Waals surface area contributed by atoms with Gasteiger partial charge < -0.3 is 13.9 Å². The zero-order chi connectivity index (χ0) is 22.0. The zero-order valence-electron chi connectivity index (χ0n) is 16.2. The van der Waals surface area contributed by atoms with Crippen LogP contribution in [-0.4, -0.2) is 22.2 Å². The number of nitrogens with zero attached hydrogens (tertiary/aromatic N) is 2. The van der Waals surface area contributed by atoms with Crippen molar-refractivity contribution >= 4 is 0 Å². The van der Waals surface area contributed by atoms with Crippen LogP contribution in [0.4, 0.5) is 17.6 Å². The number of alkyl halides is 3. The monoisotopic (exact) mass is 438 g/mol. The highest BCUT2D eigenvalue weighted by atomic mass is 19.4. The van der Waals surface area contributed by atoms with Crippen LogP contribution in [0.15, 0.2) is 51.7 Å². The van der Waals surface area contributed by atoms with Crippen LogP contribution in [0.3, 0.4) is 0 Å². The molecule has 10 heteroatoms. The number of ether oxygens (including phenoxy) is 2. The minimum atomic E-state index is -4.83. The molecular weight excluding hydrogens is 420 g/mol. The van der Waals surface area contributed by atoms with Crippen molar-refractivity contribution in [3.05, 3.63) is 58.8 Å². The number of aromatic nitrogens is 2. The first-order valence-corrected chi connectivity index (χ1v) is 9.71. The molecule has 1 heterocycles. The predicted octanol–water partition coefficient (Wildman–Crippen LogP) is 5.24. The average Bonchev–Trinajstić information content (AvgIpc) is 3.07. The summed E-state index contributed by atoms with van der Waals surface area (Å²) in [5, 5.41) is 3.92. The first-order valence-electron chi connectivity index (χ1n) is 9.71. The lowest BCUT2D eigenvalue weighted by molar-refractivity contribution is -0.274. The van der Waals surface area contributed by atoms with E-state index in [9.17, 15) is 22.4 Å². The molecule has 0 unspecified atom stereocenters. The zero-order valence-corrected chi connectivity index (χ0v) is 16.2. The highest BCUT2D eigenvalue weighted by molar-refractivity contribution is 5.66. The molecular formula is C21H18F4N2O4. The third kappa shape index (κ3) is 5.07. The minimum Gasteiger partial charge on any atom is -0.446 e. The van der Waals surface area contributed by atoms with Gasteiger partial charge in [0.15, 0.2) is 0 Å². The molecule has 1 aromatic heterocycles. The molecule has 1 saturated carbocycles. The molecule has 0 saturated heterocycles. The Labute approximate surface area is 174 Å². The van der Waals surface area contributed by atoms with Crippen molar-refractivity contribution in [3.8, 4) is 28.6 Å². The number of halogens is 4. The van der Waals surface area contributed by atoms with Gasteiger partial charge in [-0.2, -0.15) is 4.68 Å². The van der Waals surface area contributed by atoms with Crippen LogP contribution in [0.2, 0.25) is 0 Å². The van der Waals surface area contributed by atoms with E-state index in [-0.39, 0.29) is 17.9 Å². The summed E-state index contributed by atoms with van der Waals surface area (Å²) in [6.07, 6.45) is -0.341. The lowest BCUT2D eigenvalue weighted by Crippen LogP contribution is -2.19. The van der Waals surface area contributed by atoms with Crippen LogP contribution in [0.25, 0.3) is 16.8 Å². The maximum absolute atomic E-state index is 14.7. The van der Waals surface area contributed by atoms with Gasteiger partial charge in [0.05, 0.1) is 0 Å². The SMILES string of the molecule is O=c1oc(OC2CCCCC2)nn1-c1ccc(-c2cccc(OC(F)(F)F)c2)cc1F. The molecule has 1 aliphatic rings. The molecule has 164 valence electrons. The van der Waals surface area contributed by atoms with Gasteiger partial charge in [0.1, 0.15) is 23.4 Å². The van der Waals surface area contributed by atoms with Crippen LogP contribution in [0.5, 0.6) is 11.8 Å². The Morgan fingerprint density at radius 2 is 1.77 bits per heavy atom. The van der Waals surface area contributed by atoms with Crippen molar-refractivity contribution in [1.82, 2.24) is 9.78 Å². The quantitative estimate of drug-likeness (QED) is 0.510. The van der Waals surface area contributed by atoms with E-state index in [4.69, 9.17) is 9.15 Å². The summed E-state index contributed by atoms with van der Waals surface area (Å²) in [5.41, 5.74) is 0.434. The standard InChI is InChI=1S/C21H18F4N2O4/c22-17-12-14(13-5-4-8-16(11-13)31-21(23,24)25)9-10-18(17)27-20(28)30-19(26-27)29-15-6-2-1-3-7-15/h4-5,8-12,15H,1-3,6-7H2. The first-order chi connectivity index (χ1) is 14.8. The van der Waals surface area contributed by atoms with Crippen LogP contribution in [0.1, 0.15) is 32.1 Å². The van der Waals surface area contributed by atoms with E-state index >= 15 is 0 Å². The van der Waals surface area contributed by atoms with Gasteiger partial charge >= 0.3 is 18.2 Å². The van der Waals surface area contributed by atoms with Gasteiger partial charge in [-0.1, -0.05) is 29.7 Å². The molecule has 0 amide bonds. The van der Waals surface area contributed by atoms with Crippen molar-refractivity contribution in [2.24, 2.45) is 0 Å². The number of hydrogen-bond donors (Lipinski definition) is 0.